The molecule has 0 spiro atoms. The van der Waals surface area contributed by atoms with E-state index in [1.54, 1.807) is 47.6 Å². The predicted molar refractivity (Wildman–Crippen MR) is 83.0 cm³/mol. The molecule has 114 valence electrons. The van der Waals surface area contributed by atoms with E-state index in [0.717, 1.165) is 19.4 Å². The van der Waals surface area contributed by atoms with Gasteiger partial charge in [0.25, 0.3) is 5.91 Å². The first-order valence-electron chi connectivity index (χ1n) is 7.21. The number of piperidine rings is 1. The Balaban J connectivity index is 1.65. The van der Waals surface area contributed by atoms with Crippen molar-refractivity contribution in [2.24, 2.45) is 0 Å². The number of aromatic nitrogens is 2. The van der Waals surface area contributed by atoms with Crippen molar-refractivity contribution in [2.45, 2.75) is 18.9 Å². The smallest absolute Gasteiger partial charge is 0.316 e. The maximum Gasteiger partial charge on any atom is 0.316 e. The number of nitrogens with zero attached hydrogens (tertiary/aromatic N) is 3. The van der Waals surface area contributed by atoms with Crippen LogP contribution in [0, 0.1) is 0 Å². The number of ether oxygens (including phenoxy) is 1. The van der Waals surface area contributed by atoms with Gasteiger partial charge in [-0.05, 0) is 43.2 Å². The van der Waals surface area contributed by atoms with Crippen molar-refractivity contribution < 1.29 is 9.53 Å². The number of benzene rings is 1. The maximum absolute atomic E-state index is 12.5. The SMILES string of the molecule is O=C(c1ccc(Cl)cc1)N1CCC[C@H](Oc2ncccn2)C1. The van der Waals surface area contributed by atoms with Crippen LogP contribution in [0.25, 0.3) is 0 Å². The molecule has 0 bridgehead atoms. The molecule has 1 aromatic heterocycles. The van der Waals surface area contributed by atoms with Crippen LogP contribution in [-0.2, 0) is 0 Å². The zero-order valence-corrected chi connectivity index (χ0v) is 12.7. The van der Waals surface area contributed by atoms with Gasteiger partial charge in [0.05, 0.1) is 6.54 Å². The second kappa shape index (κ2) is 6.75. The molecule has 0 saturated carbocycles. The lowest BCUT2D eigenvalue weighted by Crippen LogP contribution is -2.44. The Hall–Kier alpha value is -2.14. The highest BCUT2D eigenvalue weighted by Crippen LogP contribution is 2.18. The normalized spacial score (nSPS) is 18.0. The van der Waals surface area contributed by atoms with Gasteiger partial charge in [0.2, 0.25) is 0 Å². The molecule has 0 unspecified atom stereocenters. The van der Waals surface area contributed by atoms with Crippen LogP contribution >= 0.6 is 11.6 Å². The van der Waals surface area contributed by atoms with E-state index in [4.69, 9.17) is 16.3 Å². The van der Waals surface area contributed by atoms with Crippen molar-refractivity contribution in [2.75, 3.05) is 13.1 Å². The standard InChI is InChI=1S/C16H16ClN3O2/c17-13-6-4-12(5-7-13)15(21)20-10-1-3-14(11-20)22-16-18-8-2-9-19-16/h2,4-9,14H,1,3,10-11H2/t14-/m0/s1. The molecule has 2 heterocycles. The fraction of sp³-hybridized carbons (Fsp3) is 0.312. The second-order valence-corrected chi connectivity index (χ2v) is 5.61. The Morgan fingerprint density at radius 2 is 1.95 bits per heavy atom. The lowest BCUT2D eigenvalue weighted by molar-refractivity contribution is 0.0516. The number of amides is 1. The van der Waals surface area contributed by atoms with E-state index in [2.05, 4.69) is 9.97 Å². The van der Waals surface area contributed by atoms with Crippen LogP contribution in [-0.4, -0.2) is 40.0 Å². The molecule has 1 atom stereocenters. The molecule has 1 aliphatic rings. The van der Waals surface area contributed by atoms with Crippen LogP contribution in [0.15, 0.2) is 42.7 Å². The topological polar surface area (TPSA) is 55.3 Å². The van der Waals surface area contributed by atoms with E-state index >= 15 is 0 Å². The first-order chi connectivity index (χ1) is 10.7. The Labute approximate surface area is 133 Å². The van der Waals surface area contributed by atoms with E-state index in [0.29, 0.717) is 23.1 Å². The Bertz CT molecular complexity index is 634. The molecule has 1 saturated heterocycles. The van der Waals surface area contributed by atoms with Crippen LogP contribution in [0.2, 0.25) is 5.02 Å². The van der Waals surface area contributed by atoms with Crippen molar-refractivity contribution in [1.82, 2.24) is 14.9 Å². The predicted octanol–water partition coefficient (Wildman–Crippen LogP) is 2.81. The highest BCUT2D eigenvalue weighted by atomic mass is 35.5. The zero-order chi connectivity index (χ0) is 15.4. The number of hydrogen-bond donors (Lipinski definition) is 0. The molecule has 1 amide bonds. The van der Waals surface area contributed by atoms with Gasteiger partial charge >= 0.3 is 6.01 Å². The van der Waals surface area contributed by atoms with Crippen molar-refractivity contribution in [3.05, 3.63) is 53.3 Å². The van der Waals surface area contributed by atoms with Crippen molar-refractivity contribution in [1.29, 1.82) is 0 Å². The molecule has 1 fully saturated rings. The highest BCUT2D eigenvalue weighted by Gasteiger charge is 2.26. The Kier molecular flexibility index (Phi) is 4.53. The monoisotopic (exact) mass is 317 g/mol. The molecule has 5 nitrogen and oxygen atoms in total. The number of rotatable bonds is 3. The molecule has 2 aromatic rings. The fourth-order valence-corrected chi connectivity index (χ4v) is 2.62. The van der Waals surface area contributed by atoms with Gasteiger partial charge in [0.15, 0.2) is 0 Å². The number of likely N-dealkylation sites (tertiary alicyclic amines) is 1. The van der Waals surface area contributed by atoms with E-state index in [1.165, 1.54) is 0 Å². The van der Waals surface area contributed by atoms with E-state index in [1.807, 2.05) is 0 Å². The molecule has 3 rings (SSSR count). The van der Waals surface area contributed by atoms with Crippen LogP contribution < -0.4 is 4.74 Å². The van der Waals surface area contributed by atoms with Crippen molar-refractivity contribution >= 4 is 17.5 Å². The number of carbonyl (C=O) groups excluding carboxylic acids is 1. The molecule has 6 heteroatoms. The summed E-state index contributed by atoms with van der Waals surface area (Å²) in [6, 6.07) is 9.04. The van der Waals surface area contributed by atoms with Crippen molar-refractivity contribution in [3.8, 4) is 6.01 Å². The van der Waals surface area contributed by atoms with Gasteiger partial charge in [0.1, 0.15) is 6.10 Å². The van der Waals surface area contributed by atoms with E-state index < -0.39 is 0 Å². The maximum atomic E-state index is 12.5. The summed E-state index contributed by atoms with van der Waals surface area (Å²) >= 11 is 5.86. The summed E-state index contributed by atoms with van der Waals surface area (Å²) in [5.41, 5.74) is 0.640. The minimum absolute atomic E-state index is 0.000975. The van der Waals surface area contributed by atoms with Crippen LogP contribution in [0.1, 0.15) is 23.2 Å². The molecular formula is C16H16ClN3O2. The minimum atomic E-state index is -0.0765. The first kappa shape index (κ1) is 14.8. The molecule has 22 heavy (non-hydrogen) atoms. The van der Waals surface area contributed by atoms with E-state index in [-0.39, 0.29) is 12.0 Å². The Morgan fingerprint density at radius 3 is 2.68 bits per heavy atom. The molecule has 1 aromatic carbocycles. The van der Waals surface area contributed by atoms with E-state index in [9.17, 15) is 4.79 Å². The third kappa shape index (κ3) is 3.54. The first-order valence-corrected chi connectivity index (χ1v) is 7.59. The largest absolute Gasteiger partial charge is 0.458 e. The molecule has 0 N–H and O–H groups in total. The number of hydrogen-bond acceptors (Lipinski definition) is 4. The quantitative estimate of drug-likeness (QED) is 0.873. The summed E-state index contributed by atoms with van der Waals surface area (Å²) in [6.45, 7) is 1.27. The number of halogens is 1. The molecule has 0 radical (unpaired) electrons. The van der Waals surface area contributed by atoms with Gasteiger partial charge in [0, 0.05) is 29.5 Å². The van der Waals surface area contributed by atoms with Crippen LogP contribution in [0.4, 0.5) is 0 Å². The lowest BCUT2D eigenvalue weighted by Gasteiger charge is -2.32. The van der Waals surface area contributed by atoms with Gasteiger partial charge < -0.3 is 9.64 Å². The summed E-state index contributed by atoms with van der Waals surface area (Å²) < 4.78 is 5.75. The Morgan fingerprint density at radius 1 is 1.23 bits per heavy atom. The fourth-order valence-electron chi connectivity index (χ4n) is 2.49. The molecule has 0 aliphatic carbocycles. The summed E-state index contributed by atoms with van der Waals surface area (Å²) in [5.74, 6) is -0.000975. The lowest BCUT2D eigenvalue weighted by atomic mass is 10.1. The molecular weight excluding hydrogens is 302 g/mol. The summed E-state index contributed by atoms with van der Waals surface area (Å²) in [6.07, 6.45) is 5.00. The third-order valence-corrected chi connectivity index (χ3v) is 3.82. The van der Waals surface area contributed by atoms with Crippen LogP contribution in [0.3, 0.4) is 0 Å². The average molecular weight is 318 g/mol. The minimum Gasteiger partial charge on any atom is -0.458 e. The van der Waals surface area contributed by atoms with Crippen LogP contribution in [0.5, 0.6) is 6.01 Å². The van der Waals surface area contributed by atoms with Gasteiger partial charge in [-0.1, -0.05) is 11.6 Å². The highest BCUT2D eigenvalue weighted by molar-refractivity contribution is 6.30. The number of carbonyl (C=O) groups is 1. The van der Waals surface area contributed by atoms with Gasteiger partial charge in [-0.3, -0.25) is 4.79 Å². The second-order valence-electron chi connectivity index (χ2n) is 5.17. The van der Waals surface area contributed by atoms with Gasteiger partial charge in [-0.25, -0.2) is 9.97 Å². The van der Waals surface area contributed by atoms with Crippen molar-refractivity contribution in [3.63, 3.8) is 0 Å². The zero-order valence-electron chi connectivity index (χ0n) is 12.0. The summed E-state index contributed by atoms with van der Waals surface area (Å²) in [5, 5.41) is 0.623. The molecule has 1 aliphatic heterocycles. The third-order valence-electron chi connectivity index (χ3n) is 3.57. The van der Waals surface area contributed by atoms with Gasteiger partial charge in [-0.2, -0.15) is 0 Å². The summed E-state index contributed by atoms with van der Waals surface area (Å²) in [7, 11) is 0. The van der Waals surface area contributed by atoms with Gasteiger partial charge in [-0.15, -0.1) is 0 Å². The average Bonchev–Trinajstić information content (AvgIpc) is 2.56. The summed E-state index contributed by atoms with van der Waals surface area (Å²) in [4.78, 5) is 22.4.